The number of alkyl carbamates (subject to hydrolysis) is 1. The van der Waals surface area contributed by atoms with Crippen molar-refractivity contribution in [3.63, 3.8) is 0 Å². The maximum Gasteiger partial charge on any atom is 0.407 e. The molecule has 1 aromatic rings. The molecular weight excluding hydrogens is 297 g/mol. The molecule has 2 atom stereocenters. The Morgan fingerprint density at radius 2 is 2.04 bits per heavy atom. The predicted molar refractivity (Wildman–Crippen MR) is 85.5 cm³/mol. The molecular formula is C18H24FNO3. The van der Waals surface area contributed by atoms with E-state index in [2.05, 4.69) is 5.32 Å². The van der Waals surface area contributed by atoms with Crippen molar-refractivity contribution in [1.82, 2.24) is 5.32 Å². The van der Waals surface area contributed by atoms with Gasteiger partial charge in [-0.3, -0.25) is 4.79 Å². The lowest BCUT2D eigenvalue weighted by molar-refractivity contribution is -0.124. The highest BCUT2D eigenvalue weighted by atomic mass is 19.1. The zero-order valence-electron chi connectivity index (χ0n) is 13.5. The standard InChI is InChI=1S/C18H24FNO3/c1-2-23-18(22)20-17(13-9-7-8-11-15(13)19)14-10-5-3-4-6-12-16(14)21/h7-9,11,14,17H,2-6,10,12H2,1H3,(H,20,22). The second-order valence-corrected chi connectivity index (χ2v) is 5.89. The normalized spacial score (nSPS) is 20.3. The minimum absolute atomic E-state index is 0.0924. The van der Waals surface area contributed by atoms with Crippen molar-refractivity contribution >= 4 is 11.9 Å². The first-order valence-corrected chi connectivity index (χ1v) is 8.34. The van der Waals surface area contributed by atoms with Crippen molar-refractivity contribution < 1.29 is 18.7 Å². The average molecular weight is 321 g/mol. The molecule has 1 saturated carbocycles. The van der Waals surface area contributed by atoms with Crippen LogP contribution < -0.4 is 5.32 Å². The number of nitrogens with one attached hydrogen (secondary N) is 1. The molecule has 1 aromatic carbocycles. The third kappa shape index (κ3) is 4.78. The summed E-state index contributed by atoms with van der Waals surface area (Å²) in [6, 6.07) is 5.60. The van der Waals surface area contributed by atoms with E-state index in [9.17, 15) is 14.0 Å². The maximum atomic E-state index is 14.2. The lowest BCUT2D eigenvalue weighted by atomic mass is 9.82. The fourth-order valence-corrected chi connectivity index (χ4v) is 3.14. The Hall–Kier alpha value is -1.91. The van der Waals surface area contributed by atoms with Crippen molar-refractivity contribution in [3.05, 3.63) is 35.6 Å². The summed E-state index contributed by atoms with van der Waals surface area (Å²) in [5, 5.41) is 2.70. The number of halogens is 1. The monoisotopic (exact) mass is 321 g/mol. The van der Waals surface area contributed by atoms with E-state index in [1.165, 1.54) is 6.07 Å². The van der Waals surface area contributed by atoms with Gasteiger partial charge in [0.05, 0.1) is 12.6 Å². The molecule has 1 N–H and O–H groups in total. The highest BCUT2D eigenvalue weighted by Gasteiger charge is 2.32. The molecule has 0 heterocycles. The van der Waals surface area contributed by atoms with Crippen LogP contribution >= 0.6 is 0 Å². The molecule has 2 rings (SSSR count). The number of ether oxygens (including phenoxy) is 1. The number of amides is 1. The summed E-state index contributed by atoms with van der Waals surface area (Å²) in [6.07, 6.45) is 4.41. The number of benzene rings is 1. The molecule has 0 bridgehead atoms. The maximum absolute atomic E-state index is 14.2. The van der Waals surface area contributed by atoms with Crippen LogP contribution in [0.15, 0.2) is 24.3 Å². The fourth-order valence-electron chi connectivity index (χ4n) is 3.14. The van der Waals surface area contributed by atoms with E-state index in [0.717, 1.165) is 25.7 Å². The van der Waals surface area contributed by atoms with Crippen LogP contribution in [0.25, 0.3) is 0 Å². The molecule has 1 aliphatic rings. The van der Waals surface area contributed by atoms with Crippen LogP contribution in [0.1, 0.15) is 57.1 Å². The SMILES string of the molecule is CCOC(=O)NC(c1ccccc1F)C1CCCCCCC1=O. The highest BCUT2D eigenvalue weighted by Crippen LogP contribution is 2.32. The summed E-state index contributed by atoms with van der Waals surface area (Å²) in [5.41, 5.74) is 0.347. The van der Waals surface area contributed by atoms with Crippen molar-refractivity contribution in [2.45, 2.75) is 51.5 Å². The quantitative estimate of drug-likeness (QED) is 0.906. The Labute approximate surface area is 136 Å². The summed E-state index contributed by atoms with van der Waals surface area (Å²) in [5.74, 6) is -0.726. The number of Topliss-reactive ketones (excluding diaryl/α,β-unsaturated/α-hetero) is 1. The van der Waals surface area contributed by atoms with Gasteiger partial charge in [0, 0.05) is 17.9 Å². The van der Waals surface area contributed by atoms with Gasteiger partial charge in [-0.05, 0) is 25.8 Å². The second kappa shape index (κ2) is 8.65. The van der Waals surface area contributed by atoms with Gasteiger partial charge in [0.15, 0.2) is 0 Å². The fraction of sp³-hybridized carbons (Fsp3) is 0.556. The van der Waals surface area contributed by atoms with E-state index in [0.29, 0.717) is 18.4 Å². The Kier molecular flexibility index (Phi) is 6.56. The number of carbonyl (C=O) groups is 2. The minimum Gasteiger partial charge on any atom is -0.450 e. The molecule has 126 valence electrons. The van der Waals surface area contributed by atoms with Crippen LogP contribution in [0.5, 0.6) is 0 Å². The first-order valence-electron chi connectivity index (χ1n) is 8.34. The Balaban J connectivity index is 2.29. The predicted octanol–water partition coefficient (Wildman–Crippen LogP) is 4.15. The van der Waals surface area contributed by atoms with Gasteiger partial charge in [-0.15, -0.1) is 0 Å². The smallest absolute Gasteiger partial charge is 0.407 e. The summed E-state index contributed by atoms with van der Waals surface area (Å²) in [6.45, 7) is 1.94. The van der Waals surface area contributed by atoms with Gasteiger partial charge in [-0.1, -0.05) is 37.5 Å². The van der Waals surface area contributed by atoms with Crippen LogP contribution in [0.4, 0.5) is 9.18 Å². The summed E-state index contributed by atoms with van der Waals surface area (Å²) < 4.78 is 19.2. The van der Waals surface area contributed by atoms with Crippen molar-refractivity contribution in [1.29, 1.82) is 0 Å². The second-order valence-electron chi connectivity index (χ2n) is 5.89. The van der Waals surface area contributed by atoms with Gasteiger partial charge < -0.3 is 10.1 Å². The van der Waals surface area contributed by atoms with Crippen LogP contribution in [0, 0.1) is 11.7 Å². The van der Waals surface area contributed by atoms with Crippen molar-refractivity contribution in [2.75, 3.05) is 6.61 Å². The summed E-state index contributed by atoms with van der Waals surface area (Å²) in [7, 11) is 0. The topological polar surface area (TPSA) is 55.4 Å². The number of rotatable bonds is 4. The molecule has 0 spiro atoms. The first-order chi connectivity index (χ1) is 11.1. The molecule has 2 unspecified atom stereocenters. The van der Waals surface area contributed by atoms with E-state index >= 15 is 0 Å². The molecule has 0 radical (unpaired) electrons. The van der Waals surface area contributed by atoms with Gasteiger partial charge in [-0.25, -0.2) is 9.18 Å². The summed E-state index contributed by atoms with van der Waals surface area (Å²) >= 11 is 0. The van der Waals surface area contributed by atoms with E-state index < -0.39 is 23.9 Å². The lowest BCUT2D eigenvalue weighted by Crippen LogP contribution is -2.38. The number of hydrogen-bond donors (Lipinski definition) is 1. The first kappa shape index (κ1) is 17.4. The zero-order valence-corrected chi connectivity index (χ0v) is 13.5. The third-order valence-corrected chi connectivity index (χ3v) is 4.29. The number of hydrogen-bond acceptors (Lipinski definition) is 3. The highest BCUT2D eigenvalue weighted by molar-refractivity contribution is 5.82. The molecule has 1 amide bonds. The molecule has 23 heavy (non-hydrogen) atoms. The molecule has 1 fully saturated rings. The van der Waals surface area contributed by atoms with Gasteiger partial charge >= 0.3 is 6.09 Å². The average Bonchev–Trinajstić information content (AvgIpc) is 2.51. The van der Waals surface area contributed by atoms with Gasteiger partial charge in [0.2, 0.25) is 0 Å². The van der Waals surface area contributed by atoms with Crippen molar-refractivity contribution in [3.8, 4) is 0 Å². The molecule has 0 saturated heterocycles. The molecule has 0 aromatic heterocycles. The molecule has 1 aliphatic carbocycles. The largest absolute Gasteiger partial charge is 0.450 e. The van der Waals surface area contributed by atoms with E-state index in [4.69, 9.17) is 4.74 Å². The van der Waals surface area contributed by atoms with E-state index in [1.54, 1.807) is 25.1 Å². The Morgan fingerprint density at radius 3 is 2.78 bits per heavy atom. The van der Waals surface area contributed by atoms with Gasteiger partial charge in [0.1, 0.15) is 11.6 Å². The van der Waals surface area contributed by atoms with Gasteiger partial charge in [0.25, 0.3) is 0 Å². The van der Waals surface area contributed by atoms with Crippen LogP contribution in [-0.4, -0.2) is 18.5 Å². The molecule has 0 aliphatic heterocycles. The van der Waals surface area contributed by atoms with E-state index in [-0.39, 0.29) is 12.4 Å². The van der Waals surface area contributed by atoms with E-state index in [1.807, 2.05) is 0 Å². The number of ketones is 1. The van der Waals surface area contributed by atoms with Gasteiger partial charge in [-0.2, -0.15) is 0 Å². The molecule has 5 heteroatoms. The Morgan fingerprint density at radius 1 is 1.30 bits per heavy atom. The lowest BCUT2D eigenvalue weighted by Gasteiger charge is -2.28. The summed E-state index contributed by atoms with van der Waals surface area (Å²) in [4.78, 5) is 24.4. The molecule has 4 nitrogen and oxygen atoms in total. The van der Waals surface area contributed by atoms with Crippen LogP contribution in [0.2, 0.25) is 0 Å². The van der Waals surface area contributed by atoms with Crippen LogP contribution in [0.3, 0.4) is 0 Å². The number of carbonyl (C=O) groups excluding carboxylic acids is 2. The minimum atomic E-state index is -0.680. The zero-order chi connectivity index (χ0) is 16.7. The van der Waals surface area contributed by atoms with Crippen molar-refractivity contribution in [2.24, 2.45) is 5.92 Å². The Bertz CT molecular complexity index is 547. The third-order valence-electron chi connectivity index (χ3n) is 4.29. The van der Waals surface area contributed by atoms with Crippen LogP contribution in [-0.2, 0) is 9.53 Å².